The second-order valence-electron chi connectivity index (χ2n) is 18.4. The SMILES string of the molecule is CC1(C)c2ccccc2-c2cccc(N(c3cccc(-c4cccc5oc6ccccc6c45)c3)c3ccc4c(oc5ccccc54)c3-c3ccc(-n4c5ccccc5c5ccccc54)cc3)c21. The number of furan rings is 2. The van der Waals surface area contributed by atoms with E-state index >= 15 is 0 Å². The number of nitrogens with zero attached hydrogens (tertiary/aromatic N) is 2. The third kappa shape index (κ3) is 5.47. The van der Waals surface area contributed by atoms with E-state index in [1.165, 1.54) is 44.1 Å². The monoisotopic (exact) mass is 858 g/mol. The van der Waals surface area contributed by atoms with Crippen molar-refractivity contribution in [1.82, 2.24) is 4.57 Å². The summed E-state index contributed by atoms with van der Waals surface area (Å²) in [5.41, 5.74) is 19.4. The zero-order valence-electron chi connectivity index (χ0n) is 37.0. The molecule has 0 aliphatic heterocycles. The van der Waals surface area contributed by atoms with Crippen molar-refractivity contribution in [3.63, 3.8) is 0 Å². The van der Waals surface area contributed by atoms with Crippen molar-refractivity contribution in [3.05, 3.63) is 230 Å². The van der Waals surface area contributed by atoms with E-state index in [0.717, 1.165) is 88.9 Å². The lowest BCUT2D eigenvalue weighted by Crippen LogP contribution is -2.21. The number of anilines is 3. The van der Waals surface area contributed by atoms with Gasteiger partial charge in [0.2, 0.25) is 0 Å². The summed E-state index contributed by atoms with van der Waals surface area (Å²) in [6.45, 7) is 4.74. The molecule has 0 N–H and O–H groups in total. The average molecular weight is 859 g/mol. The van der Waals surface area contributed by atoms with Crippen LogP contribution in [0.5, 0.6) is 0 Å². The third-order valence-electron chi connectivity index (χ3n) is 14.4. The minimum absolute atomic E-state index is 0.284. The molecule has 4 heteroatoms. The number of hydrogen-bond acceptors (Lipinski definition) is 3. The molecular weight excluding hydrogens is 817 g/mol. The Hall–Kier alpha value is -8.60. The first-order valence-corrected chi connectivity index (χ1v) is 23.1. The van der Waals surface area contributed by atoms with Crippen LogP contribution in [0.15, 0.2) is 227 Å². The van der Waals surface area contributed by atoms with Gasteiger partial charge in [0.25, 0.3) is 0 Å². The van der Waals surface area contributed by atoms with Crippen molar-refractivity contribution in [2.24, 2.45) is 0 Å². The van der Waals surface area contributed by atoms with Crippen LogP contribution < -0.4 is 4.90 Å². The van der Waals surface area contributed by atoms with Gasteiger partial charge < -0.3 is 18.3 Å². The smallest absolute Gasteiger partial charge is 0.145 e. The Morgan fingerprint density at radius 3 is 1.82 bits per heavy atom. The molecule has 3 aromatic heterocycles. The molecule has 14 rings (SSSR count). The summed E-state index contributed by atoms with van der Waals surface area (Å²) in [5, 5.41) is 6.89. The number of para-hydroxylation sites is 4. The molecule has 0 unspecified atom stereocenters. The maximum absolute atomic E-state index is 7.03. The van der Waals surface area contributed by atoms with Gasteiger partial charge in [-0.15, -0.1) is 0 Å². The van der Waals surface area contributed by atoms with Crippen LogP contribution in [0.1, 0.15) is 25.0 Å². The van der Waals surface area contributed by atoms with Crippen molar-refractivity contribution in [2.45, 2.75) is 19.3 Å². The highest BCUT2D eigenvalue weighted by Crippen LogP contribution is 2.56. The summed E-state index contributed by atoms with van der Waals surface area (Å²) in [6.07, 6.45) is 0. The minimum Gasteiger partial charge on any atom is -0.456 e. The molecule has 0 bridgehead atoms. The fourth-order valence-corrected chi connectivity index (χ4v) is 11.5. The van der Waals surface area contributed by atoms with E-state index < -0.39 is 0 Å². The molecule has 10 aromatic carbocycles. The Kier molecular flexibility index (Phi) is 8.00. The van der Waals surface area contributed by atoms with Crippen LogP contribution in [-0.4, -0.2) is 4.57 Å². The molecule has 0 fully saturated rings. The predicted molar refractivity (Wildman–Crippen MR) is 278 cm³/mol. The quantitative estimate of drug-likeness (QED) is 0.167. The van der Waals surface area contributed by atoms with Crippen LogP contribution in [0, 0.1) is 0 Å². The van der Waals surface area contributed by atoms with Gasteiger partial charge in [0, 0.05) is 54.7 Å². The molecule has 67 heavy (non-hydrogen) atoms. The van der Waals surface area contributed by atoms with Gasteiger partial charge in [-0.05, 0) is 112 Å². The topological polar surface area (TPSA) is 34.5 Å². The molecular formula is C63H42N2O2. The average Bonchev–Trinajstić information content (AvgIpc) is 4.11. The van der Waals surface area contributed by atoms with Gasteiger partial charge in [0.05, 0.1) is 22.4 Å². The first-order chi connectivity index (χ1) is 33.0. The largest absolute Gasteiger partial charge is 0.456 e. The number of benzene rings is 10. The maximum Gasteiger partial charge on any atom is 0.145 e. The van der Waals surface area contributed by atoms with E-state index in [4.69, 9.17) is 8.83 Å². The van der Waals surface area contributed by atoms with Crippen LogP contribution in [0.4, 0.5) is 17.1 Å². The van der Waals surface area contributed by atoms with Gasteiger partial charge in [-0.2, -0.15) is 0 Å². The number of rotatable bonds is 6. The first kappa shape index (κ1) is 37.7. The Morgan fingerprint density at radius 1 is 0.418 bits per heavy atom. The molecule has 0 saturated heterocycles. The predicted octanol–water partition coefficient (Wildman–Crippen LogP) is 17.7. The van der Waals surface area contributed by atoms with Crippen LogP contribution >= 0.6 is 0 Å². The van der Waals surface area contributed by atoms with Gasteiger partial charge >= 0.3 is 0 Å². The van der Waals surface area contributed by atoms with Crippen LogP contribution in [0.25, 0.3) is 105 Å². The third-order valence-corrected chi connectivity index (χ3v) is 14.4. The standard InChI is InChI=1S/C63H42N2O2/c1-63(2)51-25-8-3-18-44(51)48-24-14-28-55(61(48)63)65(42-17-13-16-40(38-42)43-23-15-31-58-60(43)50-22-7-12-30-57(50)66-58)54-37-36-49-47-21-6-11-29-56(47)67-62(49)59(54)39-32-34-41(35-33-39)64-52-26-9-4-19-45(52)46-20-5-10-27-53(46)64/h3-38H,1-2H3. The lowest BCUT2D eigenvalue weighted by molar-refractivity contribution is 0.660. The second kappa shape index (κ2) is 14.2. The fraction of sp³-hybridized carbons (Fsp3) is 0.0476. The van der Waals surface area contributed by atoms with E-state index in [9.17, 15) is 0 Å². The van der Waals surface area contributed by atoms with E-state index in [1.807, 2.05) is 6.07 Å². The molecule has 4 nitrogen and oxygen atoms in total. The van der Waals surface area contributed by atoms with Gasteiger partial charge in [-0.3, -0.25) is 0 Å². The molecule has 316 valence electrons. The molecule has 0 spiro atoms. The molecule has 0 amide bonds. The first-order valence-electron chi connectivity index (χ1n) is 23.1. The van der Waals surface area contributed by atoms with Crippen LogP contribution in [0.2, 0.25) is 0 Å². The van der Waals surface area contributed by atoms with E-state index in [0.29, 0.717) is 0 Å². The summed E-state index contributed by atoms with van der Waals surface area (Å²) in [6, 6.07) is 78.9. The fourth-order valence-electron chi connectivity index (χ4n) is 11.5. The van der Waals surface area contributed by atoms with E-state index in [2.05, 4.69) is 236 Å². The summed E-state index contributed by atoms with van der Waals surface area (Å²) < 4.78 is 15.8. The summed E-state index contributed by atoms with van der Waals surface area (Å²) in [7, 11) is 0. The number of aromatic nitrogens is 1. The van der Waals surface area contributed by atoms with Crippen LogP contribution in [0.3, 0.4) is 0 Å². The maximum atomic E-state index is 7.03. The minimum atomic E-state index is -0.284. The summed E-state index contributed by atoms with van der Waals surface area (Å²) in [5.74, 6) is 0. The number of hydrogen-bond donors (Lipinski definition) is 0. The normalized spacial score (nSPS) is 13.0. The van der Waals surface area contributed by atoms with Crippen molar-refractivity contribution in [3.8, 4) is 39.1 Å². The van der Waals surface area contributed by atoms with Gasteiger partial charge in [0.1, 0.15) is 22.3 Å². The van der Waals surface area contributed by atoms with Crippen molar-refractivity contribution in [1.29, 1.82) is 0 Å². The molecule has 0 saturated carbocycles. The lowest BCUT2D eigenvalue weighted by Gasteiger charge is -2.33. The van der Waals surface area contributed by atoms with Crippen molar-refractivity contribution >= 4 is 82.7 Å². The highest BCUT2D eigenvalue weighted by Gasteiger charge is 2.39. The molecule has 3 heterocycles. The van der Waals surface area contributed by atoms with Crippen LogP contribution in [-0.2, 0) is 5.41 Å². The molecule has 1 aliphatic carbocycles. The lowest BCUT2D eigenvalue weighted by atomic mass is 9.81. The zero-order valence-corrected chi connectivity index (χ0v) is 37.0. The zero-order chi connectivity index (χ0) is 44.4. The Morgan fingerprint density at radius 2 is 1.03 bits per heavy atom. The summed E-state index contributed by atoms with van der Waals surface area (Å²) >= 11 is 0. The Balaban J connectivity index is 1.04. The highest BCUT2D eigenvalue weighted by atomic mass is 16.3. The summed E-state index contributed by atoms with van der Waals surface area (Å²) in [4.78, 5) is 2.49. The van der Waals surface area contributed by atoms with E-state index in [-0.39, 0.29) is 5.41 Å². The van der Waals surface area contributed by atoms with Gasteiger partial charge in [-0.25, -0.2) is 0 Å². The molecule has 1 aliphatic rings. The Bertz CT molecular complexity index is 4090. The van der Waals surface area contributed by atoms with Gasteiger partial charge in [0.15, 0.2) is 0 Å². The van der Waals surface area contributed by atoms with Crippen molar-refractivity contribution in [2.75, 3.05) is 4.90 Å². The van der Waals surface area contributed by atoms with Gasteiger partial charge in [-0.1, -0.05) is 159 Å². The van der Waals surface area contributed by atoms with Crippen molar-refractivity contribution < 1.29 is 8.83 Å². The molecule has 13 aromatic rings. The number of fused-ring (bicyclic) bond motifs is 12. The molecule has 0 radical (unpaired) electrons. The second-order valence-corrected chi connectivity index (χ2v) is 18.4. The highest BCUT2D eigenvalue weighted by molar-refractivity contribution is 6.15. The Labute approximate surface area is 387 Å². The van der Waals surface area contributed by atoms with E-state index in [1.54, 1.807) is 0 Å². The molecule has 0 atom stereocenters.